The number of hydrogen-bond acceptors (Lipinski definition) is 4. The van der Waals surface area contributed by atoms with Crippen LogP contribution in [-0.2, 0) is 14.3 Å². The summed E-state index contributed by atoms with van der Waals surface area (Å²) in [6.07, 6.45) is 7.43. The van der Waals surface area contributed by atoms with E-state index in [0.29, 0.717) is 38.8 Å². The monoisotopic (exact) mass is 510 g/mol. The Bertz CT molecular complexity index is 459. The maximum absolute atomic E-state index is 12.4. The Balaban J connectivity index is 0.00000392. The molecule has 0 aromatic rings. The van der Waals surface area contributed by atoms with E-state index in [0.717, 1.165) is 57.8 Å². The molecule has 7 nitrogen and oxygen atoms in total. The van der Waals surface area contributed by atoms with Crippen molar-refractivity contribution in [1.29, 1.82) is 0 Å². The van der Waals surface area contributed by atoms with Gasteiger partial charge in [-0.1, -0.05) is 0 Å². The fraction of sp³-hybridized carbons (Fsp3) is 0.900. The number of guanidine groups is 1. The number of aliphatic imine (C=N–C) groups is 1. The van der Waals surface area contributed by atoms with E-state index in [2.05, 4.69) is 22.5 Å². The number of ether oxygens (including phenoxy) is 2. The van der Waals surface area contributed by atoms with E-state index in [4.69, 9.17) is 9.47 Å². The second-order valence-corrected chi connectivity index (χ2v) is 7.43. The molecule has 2 heterocycles. The van der Waals surface area contributed by atoms with Crippen LogP contribution in [0.1, 0.15) is 58.8 Å². The molecular weight excluding hydrogens is 471 g/mol. The second kappa shape index (κ2) is 15.3. The lowest BCUT2D eigenvalue weighted by molar-refractivity contribution is -0.134. The highest BCUT2D eigenvalue weighted by Crippen LogP contribution is 2.17. The topological polar surface area (TPSA) is 75.2 Å². The highest BCUT2D eigenvalue weighted by Gasteiger charge is 2.22. The molecule has 0 radical (unpaired) electrons. The summed E-state index contributed by atoms with van der Waals surface area (Å²) in [6.45, 7) is 9.49. The molecule has 2 unspecified atom stereocenters. The minimum atomic E-state index is 0. The van der Waals surface area contributed by atoms with Gasteiger partial charge in [0.15, 0.2) is 5.96 Å². The Labute approximate surface area is 187 Å². The molecule has 0 aromatic heterocycles. The smallest absolute Gasteiger partial charge is 0.224 e. The molecule has 2 fully saturated rings. The zero-order chi connectivity index (χ0) is 19.3. The Morgan fingerprint density at radius 3 is 2.82 bits per heavy atom. The zero-order valence-electron chi connectivity index (χ0n) is 17.6. The third kappa shape index (κ3) is 9.73. The summed E-state index contributed by atoms with van der Waals surface area (Å²) in [4.78, 5) is 19.0. The predicted octanol–water partition coefficient (Wildman–Crippen LogP) is 2.54. The van der Waals surface area contributed by atoms with Crippen LogP contribution in [0.25, 0.3) is 0 Å². The summed E-state index contributed by atoms with van der Waals surface area (Å²) in [6, 6.07) is 0.378. The number of likely N-dealkylation sites (tertiary alicyclic amines) is 1. The summed E-state index contributed by atoms with van der Waals surface area (Å²) < 4.78 is 11.2. The second-order valence-electron chi connectivity index (χ2n) is 7.43. The molecule has 2 aliphatic rings. The van der Waals surface area contributed by atoms with Crippen molar-refractivity contribution in [2.24, 2.45) is 4.99 Å². The number of halogens is 1. The van der Waals surface area contributed by atoms with Crippen molar-refractivity contribution in [1.82, 2.24) is 15.5 Å². The third-order valence-electron chi connectivity index (χ3n) is 5.14. The lowest BCUT2D eigenvalue weighted by atomic mass is 10.0. The number of hydrogen-bond donors (Lipinski definition) is 2. The van der Waals surface area contributed by atoms with Gasteiger partial charge in [0.05, 0.1) is 12.7 Å². The van der Waals surface area contributed by atoms with E-state index < -0.39 is 0 Å². The highest BCUT2D eigenvalue weighted by atomic mass is 127. The Kier molecular flexibility index (Phi) is 13.9. The first-order valence-electron chi connectivity index (χ1n) is 10.7. The van der Waals surface area contributed by atoms with Crippen LogP contribution in [0, 0.1) is 0 Å². The minimum absolute atomic E-state index is 0. The largest absolute Gasteiger partial charge is 0.379 e. The minimum Gasteiger partial charge on any atom is -0.379 e. The molecule has 0 aliphatic carbocycles. The van der Waals surface area contributed by atoms with E-state index >= 15 is 0 Å². The van der Waals surface area contributed by atoms with Gasteiger partial charge in [-0.2, -0.15) is 0 Å². The van der Waals surface area contributed by atoms with Crippen LogP contribution in [0.5, 0.6) is 0 Å². The average molecular weight is 510 g/mol. The number of carbonyl (C=O) groups excluding carboxylic acids is 1. The van der Waals surface area contributed by atoms with Crippen LogP contribution in [0.15, 0.2) is 4.99 Å². The molecule has 2 saturated heterocycles. The van der Waals surface area contributed by atoms with Gasteiger partial charge >= 0.3 is 0 Å². The molecule has 0 aromatic carbocycles. The Morgan fingerprint density at radius 2 is 2.11 bits per heavy atom. The van der Waals surface area contributed by atoms with Gasteiger partial charge in [0.2, 0.25) is 5.91 Å². The van der Waals surface area contributed by atoms with E-state index in [-0.39, 0.29) is 36.0 Å². The molecule has 0 saturated carbocycles. The molecule has 2 rings (SSSR count). The normalized spacial score (nSPS) is 22.6. The van der Waals surface area contributed by atoms with Gasteiger partial charge in [0, 0.05) is 51.9 Å². The molecule has 0 bridgehead atoms. The van der Waals surface area contributed by atoms with Crippen molar-refractivity contribution in [2.75, 3.05) is 46.0 Å². The number of piperidine rings is 1. The number of carbonyl (C=O) groups is 1. The summed E-state index contributed by atoms with van der Waals surface area (Å²) in [7, 11) is 0. The predicted molar refractivity (Wildman–Crippen MR) is 123 cm³/mol. The van der Waals surface area contributed by atoms with Gasteiger partial charge in [-0.15, -0.1) is 24.0 Å². The van der Waals surface area contributed by atoms with Crippen molar-refractivity contribution >= 4 is 35.8 Å². The number of nitrogens with one attached hydrogen (secondary N) is 2. The molecule has 1 amide bonds. The lowest BCUT2D eigenvalue weighted by Gasteiger charge is -2.33. The van der Waals surface area contributed by atoms with Crippen molar-refractivity contribution in [3.63, 3.8) is 0 Å². The number of nitrogens with zero attached hydrogens (tertiary/aromatic N) is 2. The van der Waals surface area contributed by atoms with Gasteiger partial charge in [-0.05, 0) is 52.4 Å². The highest BCUT2D eigenvalue weighted by molar-refractivity contribution is 14.0. The van der Waals surface area contributed by atoms with Crippen LogP contribution >= 0.6 is 24.0 Å². The molecular formula is C20H39IN4O3. The van der Waals surface area contributed by atoms with Gasteiger partial charge in [0.25, 0.3) is 0 Å². The average Bonchev–Trinajstić information content (AvgIpc) is 3.18. The van der Waals surface area contributed by atoms with Crippen molar-refractivity contribution < 1.29 is 14.3 Å². The quantitative estimate of drug-likeness (QED) is 0.205. The summed E-state index contributed by atoms with van der Waals surface area (Å²) in [5, 5.41) is 6.51. The third-order valence-corrected chi connectivity index (χ3v) is 5.14. The molecule has 8 heteroatoms. The maximum atomic E-state index is 12.4. The first-order valence-corrected chi connectivity index (χ1v) is 10.7. The van der Waals surface area contributed by atoms with Crippen molar-refractivity contribution in [3.8, 4) is 0 Å². The van der Waals surface area contributed by atoms with Gasteiger partial charge < -0.3 is 25.0 Å². The molecule has 164 valence electrons. The summed E-state index contributed by atoms with van der Waals surface area (Å²) >= 11 is 0. The number of amides is 1. The van der Waals surface area contributed by atoms with Crippen LogP contribution in [0.3, 0.4) is 0 Å². The van der Waals surface area contributed by atoms with Gasteiger partial charge in [-0.25, -0.2) is 0 Å². The maximum Gasteiger partial charge on any atom is 0.224 e. The standard InChI is InChI=1S/C20H38N4O3.HI/c1-3-21-20(22-11-7-14-26-16-18-9-6-15-27-18)23-12-10-19(25)24-13-5-4-8-17(24)2;/h17-18H,3-16H2,1-2H3,(H2,21,22,23);1H. The first kappa shape index (κ1) is 25.4. The van der Waals surface area contributed by atoms with E-state index in [9.17, 15) is 4.79 Å². The molecule has 2 atom stereocenters. The molecule has 2 aliphatic heterocycles. The summed E-state index contributed by atoms with van der Waals surface area (Å²) in [5.74, 6) is 1.02. The molecule has 28 heavy (non-hydrogen) atoms. The number of rotatable bonds is 10. The van der Waals surface area contributed by atoms with Crippen LogP contribution in [0.2, 0.25) is 0 Å². The van der Waals surface area contributed by atoms with Crippen molar-refractivity contribution in [3.05, 3.63) is 0 Å². The van der Waals surface area contributed by atoms with Crippen LogP contribution in [-0.4, -0.2) is 74.9 Å². The van der Waals surface area contributed by atoms with E-state index in [1.807, 2.05) is 11.8 Å². The van der Waals surface area contributed by atoms with Gasteiger partial charge in [-0.3, -0.25) is 9.79 Å². The Hall–Kier alpha value is -0.610. The lowest BCUT2D eigenvalue weighted by Crippen LogP contribution is -2.44. The molecule has 2 N–H and O–H groups in total. The molecule has 0 spiro atoms. The fourth-order valence-electron chi connectivity index (χ4n) is 3.59. The van der Waals surface area contributed by atoms with Gasteiger partial charge in [0.1, 0.15) is 0 Å². The van der Waals surface area contributed by atoms with Crippen LogP contribution < -0.4 is 10.6 Å². The zero-order valence-corrected chi connectivity index (χ0v) is 19.9. The van der Waals surface area contributed by atoms with Crippen molar-refractivity contribution in [2.45, 2.75) is 70.9 Å². The fourth-order valence-corrected chi connectivity index (χ4v) is 3.59. The summed E-state index contributed by atoms with van der Waals surface area (Å²) in [5.41, 5.74) is 0. The van der Waals surface area contributed by atoms with Crippen LogP contribution in [0.4, 0.5) is 0 Å². The van der Waals surface area contributed by atoms with E-state index in [1.165, 1.54) is 6.42 Å². The Morgan fingerprint density at radius 1 is 1.25 bits per heavy atom. The SMILES string of the molecule is CCNC(=NCCCOCC1CCCO1)NCCC(=O)N1CCCCC1C.I. The first-order chi connectivity index (χ1) is 13.2. The van der Waals surface area contributed by atoms with E-state index in [1.54, 1.807) is 0 Å².